The molecule has 5 rings (SSSR count). The van der Waals surface area contributed by atoms with Crippen LogP contribution in [0.25, 0.3) is 0 Å². The summed E-state index contributed by atoms with van der Waals surface area (Å²) in [5.74, 6) is 4.41. The van der Waals surface area contributed by atoms with Crippen LogP contribution in [-0.2, 0) is 21.1 Å². The van der Waals surface area contributed by atoms with Gasteiger partial charge in [0.25, 0.3) is 0 Å². The Morgan fingerprint density at radius 3 is 2.35 bits per heavy atom. The van der Waals surface area contributed by atoms with Crippen LogP contribution in [0, 0.1) is 25.7 Å². The standard InChI is InChI=1S/C21H27.CH3.W/c1-13-16-7-4-5-9-18(16)21-11-15-10-14-6-2-3-8-17(14)20(15)12-19(13)21;;/h10-14,16-18H,2-9H2,1H3;1H3;/q2*-1;+2. The van der Waals surface area contributed by atoms with Crippen molar-refractivity contribution in [2.24, 2.45) is 11.8 Å². The monoisotopic (exact) mass is 478 g/mol. The topological polar surface area (TPSA) is 0 Å². The minimum atomic E-state index is 0. The van der Waals surface area contributed by atoms with Crippen molar-refractivity contribution in [2.45, 2.75) is 76.0 Å². The third-order valence-corrected chi connectivity index (χ3v) is 7.25. The minimum absolute atomic E-state index is 0. The molecule has 0 nitrogen and oxygen atoms in total. The summed E-state index contributed by atoms with van der Waals surface area (Å²) in [5.41, 5.74) is 6.85. The zero-order valence-corrected chi connectivity index (χ0v) is 17.6. The summed E-state index contributed by atoms with van der Waals surface area (Å²) in [6.45, 7) is 2.51. The van der Waals surface area contributed by atoms with Gasteiger partial charge in [0.15, 0.2) is 0 Å². The molecule has 5 unspecified atom stereocenters. The third kappa shape index (κ3) is 2.55. The predicted octanol–water partition coefficient (Wildman–Crippen LogP) is 6.37. The first-order valence-corrected chi connectivity index (χ1v) is 9.35. The fourth-order valence-corrected chi connectivity index (χ4v) is 6.20. The maximum Gasteiger partial charge on any atom is 2.00 e. The van der Waals surface area contributed by atoms with Crippen LogP contribution in [0.2, 0.25) is 0 Å². The molecule has 2 saturated carbocycles. The summed E-state index contributed by atoms with van der Waals surface area (Å²) in [7, 11) is 0. The quantitative estimate of drug-likeness (QED) is 0.381. The first-order valence-electron chi connectivity index (χ1n) is 9.35. The fourth-order valence-electron chi connectivity index (χ4n) is 6.20. The molecule has 23 heavy (non-hydrogen) atoms. The summed E-state index contributed by atoms with van der Waals surface area (Å²) in [4.78, 5) is 0. The number of hydrogen-bond donors (Lipinski definition) is 0. The smallest absolute Gasteiger partial charge is 0.358 e. The molecule has 1 aromatic carbocycles. The summed E-state index contributed by atoms with van der Waals surface area (Å²) < 4.78 is 0. The zero-order chi connectivity index (χ0) is 14.0. The Morgan fingerprint density at radius 1 is 0.826 bits per heavy atom. The van der Waals surface area contributed by atoms with Gasteiger partial charge >= 0.3 is 21.1 Å². The molecule has 2 fully saturated rings. The van der Waals surface area contributed by atoms with E-state index in [4.69, 9.17) is 0 Å². The van der Waals surface area contributed by atoms with Gasteiger partial charge in [-0.1, -0.05) is 68.4 Å². The molecule has 0 aliphatic heterocycles. The van der Waals surface area contributed by atoms with Crippen LogP contribution in [0.1, 0.15) is 98.3 Å². The Bertz CT molecular complexity index is 576. The summed E-state index contributed by atoms with van der Waals surface area (Å²) in [6, 6.07) is 5.30. The van der Waals surface area contributed by atoms with Gasteiger partial charge in [-0.15, -0.1) is 11.6 Å². The van der Waals surface area contributed by atoms with Gasteiger partial charge in [0.2, 0.25) is 0 Å². The summed E-state index contributed by atoms with van der Waals surface area (Å²) >= 11 is 0. The van der Waals surface area contributed by atoms with Gasteiger partial charge in [-0.3, -0.25) is 0 Å². The van der Waals surface area contributed by atoms with Crippen molar-refractivity contribution in [1.29, 1.82) is 0 Å². The second-order valence-corrected chi connectivity index (χ2v) is 8.17. The first kappa shape index (κ1) is 17.6. The average Bonchev–Trinajstić information content (AvgIpc) is 3.02. The van der Waals surface area contributed by atoms with E-state index in [1.165, 1.54) is 51.4 Å². The molecule has 4 aliphatic rings. The van der Waals surface area contributed by atoms with Gasteiger partial charge in [-0.2, -0.15) is 18.1 Å². The molecule has 0 bridgehead atoms. The Labute approximate surface area is 157 Å². The molecule has 1 heteroatoms. The van der Waals surface area contributed by atoms with Gasteiger partial charge in [-0.05, 0) is 30.6 Å². The number of fused-ring (bicyclic) bond motifs is 6. The molecule has 0 heterocycles. The second-order valence-electron chi connectivity index (χ2n) is 8.17. The zero-order valence-electron chi connectivity index (χ0n) is 14.7. The van der Waals surface area contributed by atoms with E-state index in [1.54, 1.807) is 22.3 Å². The minimum Gasteiger partial charge on any atom is -0.358 e. The molecule has 0 N–H and O–H groups in total. The molecular weight excluding hydrogens is 448 g/mol. The molecule has 124 valence electrons. The van der Waals surface area contributed by atoms with Crippen LogP contribution in [0.5, 0.6) is 0 Å². The Kier molecular flexibility index (Phi) is 5.04. The van der Waals surface area contributed by atoms with Crippen molar-refractivity contribution in [1.82, 2.24) is 0 Å². The van der Waals surface area contributed by atoms with E-state index in [0.717, 1.165) is 29.6 Å². The van der Waals surface area contributed by atoms with Gasteiger partial charge in [0.05, 0.1) is 0 Å². The van der Waals surface area contributed by atoms with Crippen LogP contribution < -0.4 is 0 Å². The predicted molar refractivity (Wildman–Crippen MR) is 94.1 cm³/mol. The van der Waals surface area contributed by atoms with Gasteiger partial charge in [0, 0.05) is 0 Å². The Hall–Kier alpha value is -0.222. The largest absolute Gasteiger partial charge is 2.00 e. The second kappa shape index (κ2) is 6.59. The van der Waals surface area contributed by atoms with Crippen LogP contribution in [0.15, 0.2) is 12.1 Å². The van der Waals surface area contributed by atoms with Crippen LogP contribution in [0.4, 0.5) is 0 Å². The summed E-state index contributed by atoms with van der Waals surface area (Å²) in [6.07, 6.45) is 14.3. The maximum absolute atomic E-state index is 2.67. The molecule has 0 saturated heterocycles. The van der Waals surface area contributed by atoms with E-state index in [0.29, 0.717) is 0 Å². The van der Waals surface area contributed by atoms with E-state index >= 15 is 0 Å². The van der Waals surface area contributed by atoms with Crippen molar-refractivity contribution < 1.29 is 21.1 Å². The molecular formula is C22H30W. The van der Waals surface area contributed by atoms with Crippen molar-refractivity contribution in [3.05, 3.63) is 48.2 Å². The van der Waals surface area contributed by atoms with Gasteiger partial charge in [-0.25, -0.2) is 0 Å². The number of benzene rings is 1. The van der Waals surface area contributed by atoms with Crippen molar-refractivity contribution >= 4 is 0 Å². The molecule has 4 aliphatic carbocycles. The molecule has 0 aromatic heterocycles. The normalized spacial score (nSPS) is 36.5. The van der Waals surface area contributed by atoms with Crippen molar-refractivity contribution in [3.8, 4) is 0 Å². The molecule has 5 atom stereocenters. The van der Waals surface area contributed by atoms with Crippen LogP contribution in [-0.4, -0.2) is 0 Å². The number of hydrogen-bond acceptors (Lipinski definition) is 0. The molecule has 0 radical (unpaired) electrons. The number of rotatable bonds is 0. The summed E-state index contributed by atoms with van der Waals surface area (Å²) in [5, 5.41) is 0. The fraction of sp³-hybridized carbons (Fsp3) is 0.636. The average molecular weight is 478 g/mol. The Balaban J connectivity index is 0.000000781. The van der Waals surface area contributed by atoms with E-state index in [9.17, 15) is 0 Å². The third-order valence-electron chi connectivity index (χ3n) is 7.25. The van der Waals surface area contributed by atoms with Gasteiger partial charge in [0.1, 0.15) is 0 Å². The first-order chi connectivity index (χ1) is 10.3. The van der Waals surface area contributed by atoms with E-state index in [-0.39, 0.29) is 28.5 Å². The molecule has 0 spiro atoms. The van der Waals surface area contributed by atoms with E-state index in [2.05, 4.69) is 25.5 Å². The van der Waals surface area contributed by atoms with Crippen molar-refractivity contribution in [3.63, 3.8) is 0 Å². The SMILES string of the molecule is CC1c2cc3c(cc2C2CCCCC12)[CH-]C1CCCCC31.[CH3-].[W+2]. The van der Waals surface area contributed by atoms with E-state index in [1.807, 2.05) is 0 Å². The molecule has 1 aromatic rings. The van der Waals surface area contributed by atoms with E-state index < -0.39 is 0 Å². The maximum atomic E-state index is 2.67. The van der Waals surface area contributed by atoms with Gasteiger partial charge < -0.3 is 7.43 Å². The van der Waals surface area contributed by atoms with Crippen molar-refractivity contribution in [2.75, 3.05) is 0 Å². The van der Waals surface area contributed by atoms with Crippen LogP contribution >= 0.6 is 0 Å². The Morgan fingerprint density at radius 2 is 1.52 bits per heavy atom. The van der Waals surface area contributed by atoms with Crippen LogP contribution in [0.3, 0.4) is 0 Å². The molecule has 0 amide bonds.